The first-order valence-corrected chi connectivity index (χ1v) is 12.1. The molecule has 0 N–H and O–H groups in total. The van der Waals surface area contributed by atoms with Crippen LogP contribution in [0.5, 0.6) is 28.7 Å². The molecule has 2 atom stereocenters. The second-order valence-corrected chi connectivity index (χ2v) is 8.68. The quantitative estimate of drug-likeness (QED) is 0.319. The molecule has 2 aromatic carbocycles. The molecule has 2 heterocycles. The van der Waals surface area contributed by atoms with E-state index in [1.807, 2.05) is 43.3 Å². The molecule has 0 fully saturated rings. The van der Waals surface area contributed by atoms with Crippen molar-refractivity contribution in [3.05, 3.63) is 58.8 Å². The predicted molar refractivity (Wildman–Crippen MR) is 140 cm³/mol. The van der Waals surface area contributed by atoms with Gasteiger partial charge in [-0.1, -0.05) is 0 Å². The molecule has 0 saturated carbocycles. The Bertz CT molecular complexity index is 1400. The number of carbonyl (C=O) groups is 1. The number of esters is 1. The van der Waals surface area contributed by atoms with Crippen molar-refractivity contribution in [2.75, 3.05) is 35.2 Å². The lowest BCUT2D eigenvalue weighted by Gasteiger charge is -2.32. The zero-order valence-corrected chi connectivity index (χ0v) is 21.9. The third-order valence-electron chi connectivity index (χ3n) is 6.77. The van der Waals surface area contributed by atoms with Gasteiger partial charge in [0.15, 0.2) is 23.0 Å². The van der Waals surface area contributed by atoms with Crippen LogP contribution in [0.1, 0.15) is 29.5 Å². The SMILES string of the molecule is CCn1nccc1/N=C/C1=Cc2cc3c(cc2[C@@H](c2cc(OC)c(OC)c(OC)c2)[C@@H]1C(=O)OC)OCO3. The van der Waals surface area contributed by atoms with Crippen LogP contribution in [-0.4, -0.2) is 57.2 Å². The lowest BCUT2D eigenvalue weighted by Crippen LogP contribution is -2.30. The van der Waals surface area contributed by atoms with Crippen molar-refractivity contribution in [1.29, 1.82) is 0 Å². The van der Waals surface area contributed by atoms with Gasteiger partial charge in [0, 0.05) is 24.7 Å². The molecule has 198 valence electrons. The number of hydrogen-bond acceptors (Lipinski definition) is 9. The Labute approximate surface area is 220 Å². The zero-order valence-electron chi connectivity index (χ0n) is 21.9. The number of hydrogen-bond donors (Lipinski definition) is 0. The number of carbonyl (C=O) groups excluding carboxylic acids is 1. The molecular weight excluding hydrogens is 490 g/mol. The molecule has 3 aromatic rings. The lowest BCUT2D eigenvalue weighted by atomic mass is 9.71. The van der Waals surface area contributed by atoms with Gasteiger partial charge in [-0.2, -0.15) is 5.10 Å². The molecule has 10 nitrogen and oxygen atoms in total. The Morgan fingerprint density at radius 2 is 1.79 bits per heavy atom. The number of aliphatic imine (C=N–C) groups is 1. The monoisotopic (exact) mass is 519 g/mol. The van der Waals surface area contributed by atoms with E-state index in [0.29, 0.717) is 46.7 Å². The average molecular weight is 520 g/mol. The summed E-state index contributed by atoms with van der Waals surface area (Å²) in [6.07, 6.45) is 5.32. The van der Waals surface area contributed by atoms with Crippen LogP contribution >= 0.6 is 0 Å². The number of methoxy groups -OCH3 is 4. The summed E-state index contributed by atoms with van der Waals surface area (Å²) >= 11 is 0. The largest absolute Gasteiger partial charge is 0.493 e. The molecule has 0 radical (unpaired) electrons. The van der Waals surface area contributed by atoms with Gasteiger partial charge in [-0.25, -0.2) is 9.67 Å². The van der Waals surface area contributed by atoms with Gasteiger partial charge >= 0.3 is 5.97 Å². The normalized spacial score (nSPS) is 17.7. The van der Waals surface area contributed by atoms with E-state index < -0.39 is 17.8 Å². The van der Waals surface area contributed by atoms with E-state index in [-0.39, 0.29) is 6.79 Å². The smallest absolute Gasteiger partial charge is 0.314 e. The summed E-state index contributed by atoms with van der Waals surface area (Å²) in [5.41, 5.74) is 3.19. The Morgan fingerprint density at radius 1 is 1.08 bits per heavy atom. The minimum absolute atomic E-state index is 0.131. The maximum Gasteiger partial charge on any atom is 0.314 e. The first-order chi connectivity index (χ1) is 18.5. The highest BCUT2D eigenvalue weighted by molar-refractivity contribution is 5.98. The number of benzene rings is 2. The molecule has 0 bridgehead atoms. The summed E-state index contributed by atoms with van der Waals surface area (Å²) in [7, 11) is 6.04. The fourth-order valence-electron chi connectivity index (χ4n) is 5.00. The van der Waals surface area contributed by atoms with Crippen molar-refractivity contribution in [2.24, 2.45) is 10.9 Å². The molecule has 0 spiro atoms. The highest BCUT2D eigenvalue weighted by Gasteiger charge is 2.40. The minimum Gasteiger partial charge on any atom is -0.493 e. The van der Waals surface area contributed by atoms with Gasteiger partial charge in [-0.05, 0) is 59.5 Å². The average Bonchev–Trinajstić information content (AvgIpc) is 3.61. The van der Waals surface area contributed by atoms with Crippen LogP contribution in [-0.2, 0) is 16.1 Å². The second-order valence-electron chi connectivity index (χ2n) is 8.68. The van der Waals surface area contributed by atoms with E-state index in [0.717, 1.165) is 16.7 Å². The van der Waals surface area contributed by atoms with Crippen LogP contribution in [0.25, 0.3) is 6.08 Å². The summed E-state index contributed by atoms with van der Waals surface area (Å²) in [4.78, 5) is 18.1. The summed E-state index contributed by atoms with van der Waals surface area (Å²) in [6.45, 7) is 2.79. The van der Waals surface area contributed by atoms with E-state index >= 15 is 0 Å². The fourth-order valence-corrected chi connectivity index (χ4v) is 5.00. The number of ether oxygens (including phenoxy) is 6. The minimum atomic E-state index is -0.725. The predicted octanol–water partition coefficient (Wildman–Crippen LogP) is 4.38. The van der Waals surface area contributed by atoms with Crippen molar-refractivity contribution in [2.45, 2.75) is 19.4 Å². The van der Waals surface area contributed by atoms with Crippen molar-refractivity contribution in [1.82, 2.24) is 9.78 Å². The van der Waals surface area contributed by atoms with Crippen LogP contribution in [0, 0.1) is 5.92 Å². The van der Waals surface area contributed by atoms with E-state index in [9.17, 15) is 4.79 Å². The van der Waals surface area contributed by atoms with E-state index in [2.05, 4.69) is 10.1 Å². The van der Waals surface area contributed by atoms with Crippen molar-refractivity contribution >= 4 is 24.1 Å². The molecule has 1 aliphatic heterocycles. The number of nitrogens with zero attached hydrogens (tertiary/aromatic N) is 3. The van der Waals surface area contributed by atoms with Crippen LogP contribution in [0.3, 0.4) is 0 Å². The Hall–Kier alpha value is -4.47. The molecule has 10 heteroatoms. The third kappa shape index (κ3) is 4.31. The molecule has 38 heavy (non-hydrogen) atoms. The highest BCUT2D eigenvalue weighted by atomic mass is 16.7. The molecule has 1 aromatic heterocycles. The fraction of sp³-hybridized carbons (Fsp3) is 0.321. The van der Waals surface area contributed by atoms with Crippen molar-refractivity contribution in [3.8, 4) is 28.7 Å². The first kappa shape index (κ1) is 25.2. The molecule has 0 amide bonds. The Morgan fingerprint density at radius 3 is 2.42 bits per heavy atom. The van der Waals surface area contributed by atoms with Gasteiger partial charge in [0.05, 0.1) is 40.6 Å². The number of aromatic nitrogens is 2. The van der Waals surface area contributed by atoms with Crippen LogP contribution in [0.2, 0.25) is 0 Å². The molecular formula is C28H29N3O7. The third-order valence-corrected chi connectivity index (χ3v) is 6.77. The molecule has 5 rings (SSSR count). The van der Waals surface area contributed by atoms with Crippen LogP contribution in [0.4, 0.5) is 5.82 Å². The number of fused-ring (bicyclic) bond motifs is 2. The highest BCUT2D eigenvalue weighted by Crippen LogP contribution is 2.50. The van der Waals surface area contributed by atoms with E-state index in [1.165, 1.54) is 7.11 Å². The molecule has 0 saturated heterocycles. The lowest BCUT2D eigenvalue weighted by molar-refractivity contribution is -0.144. The summed E-state index contributed by atoms with van der Waals surface area (Å²) in [5, 5.41) is 4.28. The zero-order chi connectivity index (χ0) is 26.8. The van der Waals surface area contributed by atoms with E-state index in [4.69, 9.17) is 28.4 Å². The maximum atomic E-state index is 13.4. The van der Waals surface area contributed by atoms with Crippen LogP contribution < -0.4 is 23.7 Å². The first-order valence-electron chi connectivity index (χ1n) is 12.1. The summed E-state index contributed by atoms with van der Waals surface area (Å²) in [5.74, 6) is 1.73. The Balaban J connectivity index is 1.73. The molecule has 2 aliphatic rings. The second kappa shape index (κ2) is 10.5. The van der Waals surface area contributed by atoms with Gasteiger partial charge in [0.25, 0.3) is 0 Å². The number of aryl methyl sites for hydroxylation is 1. The van der Waals surface area contributed by atoms with Gasteiger partial charge in [-0.15, -0.1) is 0 Å². The van der Waals surface area contributed by atoms with Gasteiger partial charge in [0.1, 0.15) is 5.82 Å². The van der Waals surface area contributed by atoms with Crippen LogP contribution in [0.15, 0.2) is 47.1 Å². The van der Waals surface area contributed by atoms with Gasteiger partial charge in [-0.3, -0.25) is 4.79 Å². The molecule has 1 aliphatic carbocycles. The summed E-state index contributed by atoms with van der Waals surface area (Å²) in [6, 6.07) is 9.35. The van der Waals surface area contributed by atoms with E-state index in [1.54, 1.807) is 38.4 Å². The van der Waals surface area contributed by atoms with Crippen molar-refractivity contribution in [3.63, 3.8) is 0 Å². The Kier molecular flexibility index (Phi) is 6.95. The standard InChI is InChI=1S/C28H29N3O7/c1-6-31-24(7-8-30-31)29-14-18-9-16-10-20-21(38-15-37-20)13-19(16)25(26(18)28(32)36-5)17-11-22(33-2)27(35-4)23(12-17)34-3/h7-14,25-26H,6,15H2,1-5H3/b29-14+/t25-,26-/m1/s1. The number of rotatable bonds is 8. The van der Waals surface area contributed by atoms with Crippen molar-refractivity contribution < 1.29 is 33.2 Å². The van der Waals surface area contributed by atoms with Gasteiger partial charge in [0.2, 0.25) is 12.5 Å². The maximum absolute atomic E-state index is 13.4. The topological polar surface area (TPSA) is 103 Å². The van der Waals surface area contributed by atoms with Gasteiger partial charge < -0.3 is 28.4 Å². The molecule has 0 unspecified atom stereocenters. The summed E-state index contributed by atoms with van der Waals surface area (Å²) < 4.78 is 35.2.